The Bertz CT molecular complexity index is 447. The topological polar surface area (TPSA) is 61.8 Å². The van der Waals surface area contributed by atoms with E-state index in [4.69, 9.17) is 9.84 Å². The highest BCUT2D eigenvalue weighted by atomic mass is 19.1. The molecule has 0 aromatic heterocycles. The first-order chi connectivity index (χ1) is 10.2. The SMILES string of the molecule is O=C(O)CCNC[C@H](c1ccc(F)cc1)N1CCOCC1. The van der Waals surface area contributed by atoms with Crippen molar-refractivity contribution in [1.82, 2.24) is 10.2 Å². The van der Waals surface area contributed by atoms with E-state index >= 15 is 0 Å². The third-order valence-electron chi connectivity index (χ3n) is 3.59. The lowest BCUT2D eigenvalue weighted by Crippen LogP contribution is -2.43. The van der Waals surface area contributed by atoms with Crippen LogP contribution in [0.15, 0.2) is 24.3 Å². The van der Waals surface area contributed by atoms with Gasteiger partial charge in [0.05, 0.1) is 19.6 Å². The van der Waals surface area contributed by atoms with Crippen LogP contribution in [0, 0.1) is 5.82 Å². The molecule has 1 aromatic rings. The summed E-state index contributed by atoms with van der Waals surface area (Å²) in [4.78, 5) is 12.8. The van der Waals surface area contributed by atoms with Gasteiger partial charge in [-0.25, -0.2) is 4.39 Å². The molecule has 1 heterocycles. The van der Waals surface area contributed by atoms with E-state index in [0.717, 1.165) is 18.7 Å². The van der Waals surface area contributed by atoms with E-state index in [1.807, 2.05) is 0 Å². The number of ether oxygens (including phenoxy) is 1. The molecule has 0 aliphatic carbocycles. The van der Waals surface area contributed by atoms with Crippen LogP contribution < -0.4 is 5.32 Å². The van der Waals surface area contributed by atoms with Gasteiger partial charge in [0, 0.05) is 32.2 Å². The molecule has 1 aliphatic rings. The number of nitrogens with one attached hydrogen (secondary N) is 1. The number of aliphatic carboxylic acids is 1. The summed E-state index contributed by atoms with van der Waals surface area (Å²) in [7, 11) is 0. The zero-order valence-electron chi connectivity index (χ0n) is 11.9. The number of halogens is 1. The summed E-state index contributed by atoms with van der Waals surface area (Å²) in [5, 5.41) is 11.8. The van der Waals surface area contributed by atoms with Crippen LogP contribution in [0.2, 0.25) is 0 Å². The summed E-state index contributed by atoms with van der Waals surface area (Å²) >= 11 is 0. The van der Waals surface area contributed by atoms with Crippen molar-refractivity contribution in [2.24, 2.45) is 0 Å². The van der Waals surface area contributed by atoms with E-state index in [9.17, 15) is 9.18 Å². The van der Waals surface area contributed by atoms with Crippen molar-refractivity contribution in [3.8, 4) is 0 Å². The summed E-state index contributed by atoms with van der Waals surface area (Å²) in [6.45, 7) is 4.08. The lowest BCUT2D eigenvalue weighted by atomic mass is 10.0. The van der Waals surface area contributed by atoms with Crippen molar-refractivity contribution in [3.63, 3.8) is 0 Å². The zero-order chi connectivity index (χ0) is 15.1. The molecule has 0 bridgehead atoms. The van der Waals surface area contributed by atoms with Crippen LogP contribution in [0.25, 0.3) is 0 Å². The van der Waals surface area contributed by atoms with E-state index in [-0.39, 0.29) is 18.3 Å². The monoisotopic (exact) mass is 296 g/mol. The summed E-state index contributed by atoms with van der Waals surface area (Å²) in [5.41, 5.74) is 1.03. The second-order valence-corrected chi connectivity index (χ2v) is 5.06. The van der Waals surface area contributed by atoms with Crippen LogP contribution in [0.4, 0.5) is 4.39 Å². The van der Waals surface area contributed by atoms with Gasteiger partial charge in [0.1, 0.15) is 5.82 Å². The van der Waals surface area contributed by atoms with Crippen LogP contribution in [0.1, 0.15) is 18.0 Å². The molecular weight excluding hydrogens is 275 g/mol. The maximum Gasteiger partial charge on any atom is 0.304 e. The molecule has 2 N–H and O–H groups in total. The molecule has 6 heteroatoms. The van der Waals surface area contributed by atoms with Gasteiger partial charge in [-0.3, -0.25) is 9.69 Å². The molecule has 0 unspecified atom stereocenters. The number of rotatable bonds is 7. The number of nitrogens with zero attached hydrogens (tertiary/aromatic N) is 1. The molecular formula is C15H21FN2O3. The Labute approximate surface area is 123 Å². The van der Waals surface area contributed by atoms with Crippen molar-refractivity contribution in [1.29, 1.82) is 0 Å². The fourth-order valence-electron chi connectivity index (χ4n) is 2.47. The summed E-state index contributed by atoms with van der Waals surface area (Å²) in [5.74, 6) is -1.06. The highest BCUT2D eigenvalue weighted by molar-refractivity contribution is 5.66. The largest absolute Gasteiger partial charge is 0.481 e. The Morgan fingerprint density at radius 3 is 2.62 bits per heavy atom. The zero-order valence-corrected chi connectivity index (χ0v) is 11.9. The quantitative estimate of drug-likeness (QED) is 0.742. The van der Waals surface area contributed by atoms with E-state index < -0.39 is 5.97 Å². The predicted molar refractivity (Wildman–Crippen MR) is 76.7 cm³/mol. The highest BCUT2D eigenvalue weighted by Gasteiger charge is 2.22. The third kappa shape index (κ3) is 5.08. The number of carboxylic acids is 1. The van der Waals surface area contributed by atoms with Gasteiger partial charge in [-0.15, -0.1) is 0 Å². The molecule has 1 aromatic carbocycles. The van der Waals surface area contributed by atoms with Crippen molar-refractivity contribution >= 4 is 5.97 Å². The maximum atomic E-state index is 13.1. The molecule has 1 atom stereocenters. The van der Waals surface area contributed by atoms with Gasteiger partial charge in [-0.2, -0.15) is 0 Å². The lowest BCUT2D eigenvalue weighted by molar-refractivity contribution is -0.136. The Kier molecular flexibility index (Phi) is 6.10. The average molecular weight is 296 g/mol. The number of hydrogen-bond acceptors (Lipinski definition) is 4. The summed E-state index contributed by atoms with van der Waals surface area (Å²) in [6.07, 6.45) is 0.0965. The van der Waals surface area contributed by atoms with Gasteiger partial charge < -0.3 is 15.2 Å². The first-order valence-corrected chi connectivity index (χ1v) is 7.16. The molecule has 116 valence electrons. The van der Waals surface area contributed by atoms with Crippen LogP contribution >= 0.6 is 0 Å². The van der Waals surface area contributed by atoms with Crippen molar-refractivity contribution in [2.45, 2.75) is 12.5 Å². The van der Waals surface area contributed by atoms with Crippen molar-refractivity contribution in [3.05, 3.63) is 35.6 Å². The molecule has 0 spiro atoms. The second kappa shape index (κ2) is 8.07. The Hall–Kier alpha value is -1.50. The van der Waals surface area contributed by atoms with Gasteiger partial charge in [-0.05, 0) is 17.7 Å². The summed E-state index contributed by atoms with van der Waals surface area (Å²) < 4.78 is 18.4. The fraction of sp³-hybridized carbons (Fsp3) is 0.533. The predicted octanol–water partition coefficient (Wildman–Crippen LogP) is 1.26. The molecule has 1 fully saturated rings. The van der Waals surface area contributed by atoms with Crippen molar-refractivity contribution in [2.75, 3.05) is 39.4 Å². The number of hydrogen-bond donors (Lipinski definition) is 2. The van der Waals surface area contributed by atoms with E-state index in [0.29, 0.717) is 26.3 Å². The lowest BCUT2D eigenvalue weighted by Gasteiger charge is -2.35. The first-order valence-electron chi connectivity index (χ1n) is 7.16. The Morgan fingerprint density at radius 2 is 2.00 bits per heavy atom. The standard InChI is InChI=1S/C15H21FN2O3/c16-13-3-1-12(2-4-13)14(11-17-6-5-15(19)20)18-7-9-21-10-8-18/h1-4,14,17H,5-11H2,(H,19,20)/t14-/m1/s1. The van der Waals surface area contributed by atoms with Crippen LogP contribution in [0.5, 0.6) is 0 Å². The molecule has 0 saturated carbocycles. The fourth-order valence-corrected chi connectivity index (χ4v) is 2.47. The van der Waals surface area contributed by atoms with Crippen LogP contribution in [-0.2, 0) is 9.53 Å². The minimum Gasteiger partial charge on any atom is -0.481 e. The van der Waals surface area contributed by atoms with Gasteiger partial charge >= 0.3 is 5.97 Å². The normalized spacial score (nSPS) is 17.6. The van der Waals surface area contributed by atoms with Crippen LogP contribution in [-0.4, -0.2) is 55.4 Å². The van der Waals surface area contributed by atoms with Gasteiger partial charge in [0.2, 0.25) is 0 Å². The first kappa shape index (κ1) is 15.9. The van der Waals surface area contributed by atoms with Gasteiger partial charge in [0.15, 0.2) is 0 Å². The Balaban J connectivity index is 1.99. The molecule has 0 radical (unpaired) electrons. The molecule has 21 heavy (non-hydrogen) atoms. The minimum absolute atomic E-state index is 0.0965. The number of morpholine rings is 1. The molecule has 1 saturated heterocycles. The average Bonchev–Trinajstić information content (AvgIpc) is 2.49. The number of benzene rings is 1. The number of carbonyl (C=O) groups is 1. The van der Waals surface area contributed by atoms with Gasteiger partial charge in [-0.1, -0.05) is 12.1 Å². The minimum atomic E-state index is -0.813. The smallest absolute Gasteiger partial charge is 0.304 e. The van der Waals surface area contributed by atoms with Crippen LogP contribution in [0.3, 0.4) is 0 Å². The van der Waals surface area contributed by atoms with E-state index in [1.165, 1.54) is 12.1 Å². The molecule has 2 rings (SSSR count). The molecule has 0 amide bonds. The summed E-state index contributed by atoms with van der Waals surface area (Å²) in [6, 6.07) is 6.59. The molecule has 5 nitrogen and oxygen atoms in total. The van der Waals surface area contributed by atoms with Crippen molar-refractivity contribution < 1.29 is 19.0 Å². The Morgan fingerprint density at radius 1 is 1.33 bits per heavy atom. The third-order valence-corrected chi connectivity index (χ3v) is 3.59. The maximum absolute atomic E-state index is 13.1. The second-order valence-electron chi connectivity index (χ2n) is 5.06. The van der Waals surface area contributed by atoms with E-state index in [2.05, 4.69) is 10.2 Å². The van der Waals surface area contributed by atoms with E-state index in [1.54, 1.807) is 12.1 Å². The highest BCUT2D eigenvalue weighted by Crippen LogP contribution is 2.21. The molecule has 1 aliphatic heterocycles. The van der Waals surface area contributed by atoms with Gasteiger partial charge in [0.25, 0.3) is 0 Å². The number of carboxylic acid groups (broad SMARTS) is 1.